The van der Waals surface area contributed by atoms with Gasteiger partial charge in [-0.3, -0.25) is 0 Å². The molecule has 0 spiro atoms. The molecule has 1 aromatic heterocycles. The Kier molecular flexibility index (Phi) is 6.25. The van der Waals surface area contributed by atoms with E-state index in [4.69, 9.17) is 23.2 Å². The van der Waals surface area contributed by atoms with Crippen molar-refractivity contribution in [3.05, 3.63) is 85.5 Å². The van der Waals surface area contributed by atoms with Gasteiger partial charge in [-0.25, -0.2) is 13.1 Å². The first-order chi connectivity index (χ1) is 12.8. The van der Waals surface area contributed by atoms with Crippen LogP contribution in [0.4, 0.5) is 0 Å². The number of aliphatic hydroxyl groups is 1. The fraction of sp³-hybridized carbons (Fsp3) is 0.158. The van der Waals surface area contributed by atoms with Crippen LogP contribution in [-0.2, 0) is 16.6 Å². The van der Waals surface area contributed by atoms with Gasteiger partial charge in [-0.1, -0.05) is 53.5 Å². The van der Waals surface area contributed by atoms with Crippen LogP contribution in [-0.4, -0.2) is 13.5 Å². The molecule has 8 heteroatoms. The number of aliphatic hydroxyl groups excluding tert-OH is 1. The number of nitrogens with one attached hydrogen (secondary N) is 1. The standard InChI is InChI=1S/C19H17Cl2NO3S2/c1-12-9-18(16(21)10-15(12)20)27(24,25)22-11-14-7-8-17(26-14)19(23)13-5-3-2-4-6-13/h2-10,19,22-23H,11H2,1H3. The summed E-state index contributed by atoms with van der Waals surface area (Å²) in [5.74, 6) is 0. The summed E-state index contributed by atoms with van der Waals surface area (Å²) in [5, 5.41) is 10.9. The van der Waals surface area contributed by atoms with Gasteiger partial charge >= 0.3 is 0 Å². The zero-order valence-electron chi connectivity index (χ0n) is 14.3. The molecular formula is C19H17Cl2NO3S2. The molecule has 0 aliphatic carbocycles. The van der Waals surface area contributed by atoms with E-state index in [0.717, 1.165) is 15.3 Å². The van der Waals surface area contributed by atoms with Gasteiger partial charge in [0, 0.05) is 21.3 Å². The highest BCUT2D eigenvalue weighted by atomic mass is 35.5. The molecule has 1 heterocycles. The first-order valence-electron chi connectivity index (χ1n) is 8.05. The highest BCUT2D eigenvalue weighted by molar-refractivity contribution is 7.89. The van der Waals surface area contributed by atoms with Gasteiger partial charge in [-0.2, -0.15) is 0 Å². The summed E-state index contributed by atoms with van der Waals surface area (Å²) in [5.41, 5.74) is 1.42. The molecule has 0 aliphatic heterocycles. The molecule has 0 fully saturated rings. The van der Waals surface area contributed by atoms with Crippen LogP contribution in [0.2, 0.25) is 10.0 Å². The molecule has 4 nitrogen and oxygen atoms in total. The maximum Gasteiger partial charge on any atom is 0.242 e. The summed E-state index contributed by atoms with van der Waals surface area (Å²) in [6.07, 6.45) is -0.741. The van der Waals surface area contributed by atoms with E-state index in [2.05, 4.69) is 4.72 Å². The van der Waals surface area contributed by atoms with E-state index in [1.54, 1.807) is 19.1 Å². The second-order valence-corrected chi connectivity index (χ2v) is 9.72. The SMILES string of the molecule is Cc1cc(S(=O)(=O)NCc2ccc(C(O)c3ccccc3)s2)c(Cl)cc1Cl. The molecule has 0 bridgehead atoms. The molecule has 0 saturated heterocycles. The van der Waals surface area contributed by atoms with Gasteiger partial charge < -0.3 is 5.11 Å². The predicted molar refractivity (Wildman–Crippen MR) is 110 cm³/mol. The van der Waals surface area contributed by atoms with Crippen LogP contribution < -0.4 is 4.72 Å². The number of aryl methyl sites for hydroxylation is 1. The van der Waals surface area contributed by atoms with E-state index in [9.17, 15) is 13.5 Å². The Morgan fingerprint density at radius 3 is 2.48 bits per heavy atom. The molecule has 0 saturated carbocycles. The minimum absolute atomic E-state index is 0.00725. The topological polar surface area (TPSA) is 66.4 Å². The Morgan fingerprint density at radius 2 is 1.78 bits per heavy atom. The average molecular weight is 442 g/mol. The zero-order chi connectivity index (χ0) is 19.6. The molecule has 142 valence electrons. The zero-order valence-corrected chi connectivity index (χ0v) is 17.5. The van der Waals surface area contributed by atoms with Crippen molar-refractivity contribution in [2.75, 3.05) is 0 Å². The number of sulfonamides is 1. The fourth-order valence-electron chi connectivity index (χ4n) is 2.52. The smallest absolute Gasteiger partial charge is 0.242 e. The summed E-state index contributed by atoms with van der Waals surface area (Å²) >= 11 is 13.4. The molecule has 2 aromatic carbocycles. The van der Waals surface area contributed by atoms with Crippen LogP contribution in [0.3, 0.4) is 0 Å². The van der Waals surface area contributed by atoms with Crippen molar-refractivity contribution in [2.45, 2.75) is 24.5 Å². The van der Waals surface area contributed by atoms with Crippen molar-refractivity contribution < 1.29 is 13.5 Å². The lowest BCUT2D eigenvalue weighted by atomic mass is 10.1. The lowest BCUT2D eigenvalue weighted by molar-refractivity contribution is 0.224. The summed E-state index contributed by atoms with van der Waals surface area (Å²) in [7, 11) is -3.79. The second-order valence-electron chi connectivity index (χ2n) is 5.97. The highest BCUT2D eigenvalue weighted by Crippen LogP contribution is 2.30. The lowest BCUT2D eigenvalue weighted by Crippen LogP contribution is -2.23. The summed E-state index contributed by atoms with van der Waals surface area (Å²) in [6.45, 7) is 1.82. The van der Waals surface area contributed by atoms with Crippen molar-refractivity contribution in [2.24, 2.45) is 0 Å². The van der Waals surface area contributed by atoms with E-state index < -0.39 is 16.1 Å². The Labute approximate surface area is 172 Å². The van der Waals surface area contributed by atoms with Gasteiger partial charge in [-0.15, -0.1) is 11.3 Å². The van der Waals surface area contributed by atoms with Gasteiger partial charge in [0.2, 0.25) is 10.0 Å². The van der Waals surface area contributed by atoms with Gasteiger partial charge in [0.15, 0.2) is 0 Å². The average Bonchev–Trinajstić information content (AvgIpc) is 3.12. The third-order valence-electron chi connectivity index (χ3n) is 4.01. The Morgan fingerprint density at radius 1 is 1.07 bits per heavy atom. The molecule has 1 unspecified atom stereocenters. The van der Waals surface area contributed by atoms with Crippen LogP contribution >= 0.6 is 34.5 Å². The molecule has 3 rings (SSSR count). The number of benzene rings is 2. The number of hydrogen-bond donors (Lipinski definition) is 2. The number of thiophene rings is 1. The highest BCUT2D eigenvalue weighted by Gasteiger charge is 2.20. The fourth-order valence-corrected chi connectivity index (χ4v) is 5.41. The third-order valence-corrected chi connectivity index (χ3v) is 7.42. The number of rotatable bonds is 6. The summed E-state index contributed by atoms with van der Waals surface area (Å²) in [4.78, 5) is 1.52. The van der Waals surface area contributed by atoms with Gasteiger partial charge in [0.05, 0.1) is 5.02 Å². The summed E-state index contributed by atoms with van der Waals surface area (Å²) < 4.78 is 27.7. The number of halogens is 2. The minimum atomic E-state index is -3.79. The van der Waals surface area contributed by atoms with Crippen molar-refractivity contribution in [1.29, 1.82) is 0 Å². The van der Waals surface area contributed by atoms with E-state index >= 15 is 0 Å². The molecule has 2 N–H and O–H groups in total. The molecule has 0 aliphatic rings. The first kappa shape index (κ1) is 20.3. The van der Waals surface area contributed by atoms with Gasteiger partial charge in [0.25, 0.3) is 0 Å². The quantitative estimate of drug-likeness (QED) is 0.569. The van der Waals surface area contributed by atoms with Crippen molar-refractivity contribution in [3.8, 4) is 0 Å². The molecule has 1 atom stereocenters. The normalized spacial score (nSPS) is 12.9. The first-order valence-corrected chi connectivity index (χ1v) is 11.1. The predicted octanol–water partition coefficient (Wildman–Crippen LogP) is 4.92. The van der Waals surface area contributed by atoms with Crippen LogP contribution in [0.25, 0.3) is 0 Å². The Hall–Kier alpha value is -1.41. The molecule has 27 heavy (non-hydrogen) atoms. The minimum Gasteiger partial charge on any atom is -0.383 e. The Bertz CT molecular complexity index is 1050. The van der Waals surface area contributed by atoms with E-state index in [1.165, 1.54) is 23.5 Å². The summed E-state index contributed by atoms with van der Waals surface area (Å²) in [6, 6.07) is 15.8. The van der Waals surface area contributed by atoms with Crippen molar-refractivity contribution in [3.63, 3.8) is 0 Å². The van der Waals surface area contributed by atoms with Gasteiger partial charge in [0.1, 0.15) is 11.0 Å². The van der Waals surface area contributed by atoms with Crippen LogP contribution in [0, 0.1) is 6.92 Å². The third kappa shape index (κ3) is 4.71. The monoisotopic (exact) mass is 441 g/mol. The molecule has 3 aromatic rings. The van der Waals surface area contributed by atoms with Crippen LogP contribution in [0.15, 0.2) is 59.5 Å². The number of hydrogen-bond acceptors (Lipinski definition) is 4. The van der Waals surface area contributed by atoms with E-state index in [1.807, 2.05) is 30.3 Å². The van der Waals surface area contributed by atoms with E-state index in [0.29, 0.717) is 10.6 Å². The van der Waals surface area contributed by atoms with Gasteiger partial charge in [-0.05, 0) is 42.3 Å². The molecule has 0 radical (unpaired) electrons. The molecular weight excluding hydrogens is 425 g/mol. The lowest BCUT2D eigenvalue weighted by Gasteiger charge is -2.10. The second kappa shape index (κ2) is 8.31. The maximum atomic E-state index is 12.6. The van der Waals surface area contributed by atoms with Crippen molar-refractivity contribution in [1.82, 2.24) is 4.72 Å². The largest absolute Gasteiger partial charge is 0.383 e. The van der Waals surface area contributed by atoms with E-state index in [-0.39, 0.29) is 16.5 Å². The van der Waals surface area contributed by atoms with Crippen LogP contribution in [0.1, 0.15) is 27.0 Å². The Balaban J connectivity index is 1.74. The van der Waals surface area contributed by atoms with Crippen molar-refractivity contribution >= 4 is 44.6 Å². The van der Waals surface area contributed by atoms with Crippen LogP contribution in [0.5, 0.6) is 0 Å². The molecule has 0 amide bonds. The maximum absolute atomic E-state index is 12.6.